The number of amides is 1. The molecule has 0 atom stereocenters. The second kappa shape index (κ2) is 9.33. The SMILES string of the molecule is COCCCN(CCOC)C(=O)C1(C(N)=S)CCCCC1. The molecule has 6 heteroatoms. The number of rotatable bonds is 9. The molecule has 122 valence electrons. The van der Waals surface area contributed by atoms with Crippen molar-refractivity contribution in [1.29, 1.82) is 0 Å². The zero-order valence-electron chi connectivity index (χ0n) is 13.2. The molecule has 0 bridgehead atoms. The van der Waals surface area contributed by atoms with Gasteiger partial charge in [0.2, 0.25) is 5.91 Å². The highest BCUT2D eigenvalue weighted by Crippen LogP contribution is 2.38. The van der Waals surface area contributed by atoms with E-state index < -0.39 is 5.41 Å². The van der Waals surface area contributed by atoms with E-state index in [1.165, 1.54) is 0 Å². The van der Waals surface area contributed by atoms with Gasteiger partial charge in [0.15, 0.2) is 0 Å². The van der Waals surface area contributed by atoms with Gasteiger partial charge in [-0.15, -0.1) is 0 Å². The van der Waals surface area contributed by atoms with Crippen molar-refractivity contribution in [3.05, 3.63) is 0 Å². The summed E-state index contributed by atoms with van der Waals surface area (Å²) in [6.07, 6.45) is 5.53. The summed E-state index contributed by atoms with van der Waals surface area (Å²) in [7, 11) is 3.31. The van der Waals surface area contributed by atoms with Crippen molar-refractivity contribution in [3.8, 4) is 0 Å². The number of hydrogen-bond acceptors (Lipinski definition) is 4. The normalized spacial score (nSPS) is 17.4. The van der Waals surface area contributed by atoms with Gasteiger partial charge in [-0.2, -0.15) is 0 Å². The van der Waals surface area contributed by atoms with Gasteiger partial charge in [0, 0.05) is 33.9 Å². The molecule has 0 saturated heterocycles. The van der Waals surface area contributed by atoms with Crippen LogP contribution in [-0.2, 0) is 14.3 Å². The van der Waals surface area contributed by atoms with Gasteiger partial charge in [0.05, 0.1) is 17.0 Å². The Bertz CT molecular complexity index is 344. The number of carbonyl (C=O) groups is 1. The van der Waals surface area contributed by atoms with Gasteiger partial charge in [-0.25, -0.2) is 0 Å². The Morgan fingerprint density at radius 2 is 1.76 bits per heavy atom. The lowest BCUT2D eigenvalue weighted by atomic mass is 9.73. The third kappa shape index (κ3) is 4.90. The van der Waals surface area contributed by atoms with Gasteiger partial charge in [-0.1, -0.05) is 31.5 Å². The molecule has 1 rings (SSSR count). The fourth-order valence-corrected chi connectivity index (χ4v) is 3.23. The minimum Gasteiger partial charge on any atom is -0.392 e. The molecule has 0 radical (unpaired) electrons. The topological polar surface area (TPSA) is 64.8 Å². The van der Waals surface area contributed by atoms with E-state index in [2.05, 4.69) is 0 Å². The summed E-state index contributed by atoms with van der Waals surface area (Å²) < 4.78 is 10.2. The Balaban J connectivity index is 2.80. The maximum Gasteiger partial charge on any atom is 0.235 e. The summed E-state index contributed by atoms with van der Waals surface area (Å²) in [5.41, 5.74) is 5.31. The fourth-order valence-electron chi connectivity index (χ4n) is 2.94. The number of hydrogen-bond donors (Lipinski definition) is 1. The third-order valence-electron chi connectivity index (χ3n) is 4.22. The Morgan fingerprint density at radius 1 is 1.14 bits per heavy atom. The molecule has 1 amide bonds. The quantitative estimate of drug-likeness (QED) is 0.518. The Morgan fingerprint density at radius 3 is 2.29 bits per heavy atom. The van der Waals surface area contributed by atoms with E-state index >= 15 is 0 Å². The van der Waals surface area contributed by atoms with E-state index in [0.717, 1.165) is 38.5 Å². The number of thiocarbonyl (C=S) groups is 1. The van der Waals surface area contributed by atoms with E-state index in [0.29, 0.717) is 31.3 Å². The molecule has 0 aliphatic heterocycles. The standard InChI is InChI=1S/C15H28N2O3S/c1-19-11-6-9-17(10-12-20-2)14(18)15(13(16)21)7-4-3-5-8-15/h3-12H2,1-2H3,(H2,16,21). The first-order valence-electron chi connectivity index (χ1n) is 7.65. The van der Waals surface area contributed by atoms with Crippen LogP contribution in [0.25, 0.3) is 0 Å². The molecule has 21 heavy (non-hydrogen) atoms. The molecule has 5 nitrogen and oxygen atoms in total. The predicted octanol–water partition coefficient (Wildman–Crippen LogP) is 1.73. The van der Waals surface area contributed by atoms with E-state index in [1.807, 2.05) is 4.90 Å². The number of nitrogens with zero attached hydrogens (tertiary/aromatic N) is 1. The van der Waals surface area contributed by atoms with Gasteiger partial charge >= 0.3 is 0 Å². The molecule has 0 aromatic heterocycles. The number of carbonyl (C=O) groups excluding carboxylic acids is 1. The molecule has 1 aliphatic rings. The van der Waals surface area contributed by atoms with Crippen LogP contribution >= 0.6 is 12.2 Å². The van der Waals surface area contributed by atoms with E-state index in [1.54, 1.807) is 14.2 Å². The highest BCUT2D eigenvalue weighted by Gasteiger charge is 2.44. The second-order valence-corrected chi connectivity index (χ2v) is 6.08. The molecule has 0 unspecified atom stereocenters. The van der Waals surface area contributed by atoms with Gasteiger partial charge in [-0.3, -0.25) is 4.79 Å². The van der Waals surface area contributed by atoms with E-state index in [-0.39, 0.29) is 5.91 Å². The maximum atomic E-state index is 13.0. The zero-order valence-corrected chi connectivity index (χ0v) is 14.0. The lowest BCUT2D eigenvalue weighted by Gasteiger charge is -2.39. The van der Waals surface area contributed by atoms with Crippen LogP contribution in [-0.4, -0.2) is 56.3 Å². The minimum absolute atomic E-state index is 0.0721. The van der Waals surface area contributed by atoms with Crippen LogP contribution in [0.1, 0.15) is 38.5 Å². The molecule has 1 aliphatic carbocycles. The Kier molecular flexibility index (Phi) is 8.14. The smallest absolute Gasteiger partial charge is 0.235 e. The largest absolute Gasteiger partial charge is 0.392 e. The van der Waals surface area contributed by atoms with Crippen LogP contribution in [0, 0.1) is 5.41 Å². The van der Waals surface area contributed by atoms with Crippen LogP contribution in [0.2, 0.25) is 0 Å². The van der Waals surface area contributed by atoms with Crippen molar-refractivity contribution >= 4 is 23.1 Å². The molecular formula is C15H28N2O3S. The summed E-state index contributed by atoms with van der Waals surface area (Å²) in [6.45, 7) is 2.38. The lowest BCUT2D eigenvalue weighted by Crippen LogP contribution is -2.52. The van der Waals surface area contributed by atoms with Crippen LogP contribution in [0.4, 0.5) is 0 Å². The molecule has 0 spiro atoms. The number of ether oxygens (including phenoxy) is 2. The molecule has 1 saturated carbocycles. The van der Waals surface area contributed by atoms with Gasteiger partial charge in [0.25, 0.3) is 0 Å². The van der Waals surface area contributed by atoms with Crippen LogP contribution in [0.5, 0.6) is 0 Å². The van der Waals surface area contributed by atoms with Crippen LogP contribution in [0.3, 0.4) is 0 Å². The summed E-state index contributed by atoms with van der Waals surface area (Å²) in [5.74, 6) is 0.0721. The Labute approximate surface area is 133 Å². The molecule has 0 heterocycles. The third-order valence-corrected chi connectivity index (χ3v) is 4.61. The molecular weight excluding hydrogens is 288 g/mol. The summed E-state index contributed by atoms with van der Waals surface area (Å²) >= 11 is 5.25. The van der Waals surface area contributed by atoms with Crippen molar-refractivity contribution in [2.45, 2.75) is 38.5 Å². The first-order valence-corrected chi connectivity index (χ1v) is 8.06. The van der Waals surface area contributed by atoms with Crippen LogP contribution in [0.15, 0.2) is 0 Å². The van der Waals surface area contributed by atoms with Gasteiger partial charge in [0.1, 0.15) is 0 Å². The molecule has 2 N–H and O–H groups in total. The molecule has 0 aromatic carbocycles. The van der Waals surface area contributed by atoms with Gasteiger partial charge in [-0.05, 0) is 19.3 Å². The lowest BCUT2D eigenvalue weighted by molar-refractivity contribution is -0.140. The van der Waals surface area contributed by atoms with Crippen molar-refractivity contribution in [1.82, 2.24) is 4.90 Å². The Hall–Kier alpha value is -0.720. The molecule has 1 fully saturated rings. The van der Waals surface area contributed by atoms with E-state index in [4.69, 9.17) is 27.4 Å². The van der Waals surface area contributed by atoms with E-state index in [9.17, 15) is 4.79 Å². The second-order valence-electron chi connectivity index (χ2n) is 5.64. The highest BCUT2D eigenvalue weighted by atomic mass is 32.1. The fraction of sp³-hybridized carbons (Fsp3) is 0.867. The first kappa shape index (κ1) is 18.3. The number of nitrogens with two attached hydrogens (primary N) is 1. The van der Waals surface area contributed by atoms with Gasteiger partial charge < -0.3 is 20.1 Å². The maximum absolute atomic E-state index is 13.0. The molecule has 0 aromatic rings. The van der Waals surface area contributed by atoms with Crippen molar-refractivity contribution in [2.24, 2.45) is 11.1 Å². The van der Waals surface area contributed by atoms with Crippen molar-refractivity contribution in [2.75, 3.05) is 40.5 Å². The monoisotopic (exact) mass is 316 g/mol. The van der Waals surface area contributed by atoms with Crippen molar-refractivity contribution in [3.63, 3.8) is 0 Å². The summed E-state index contributed by atoms with van der Waals surface area (Å²) in [5, 5.41) is 0. The highest BCUT2D eigenvalue weighted by molar-refractivity contribution is 7.80. The average Bonchev–Trinajstić information content (AvgIpc) is 2.50. The summed E-state index contributed by atoms with van der Waals surface area (Å²) in [4.78, 5) is 15.2. The predicted molar refractivity (Wildman–Crippen MR) is 87.3 cm³/mol. The average molecular weight is 316 g/mol. The van der Waals surface area contributed by atoms with Crippen LogP contribution < -0.4 is 5.73 Å². The first-order chi connectivity index (χ1) is 10.1. The zero-order chi connectivity index (χ0) is 15.7. The minimum atomic E-state index is -0.644. The summed E-state index contributed by atoms with van der Waals surface area (Å²) in [6, 6.07) is 0. The van der Waals surface area contributed by atoms with Crippen molar-refractivity contribution < 1.29 is 14.3 Å². The number of methoxy groups -OCH3 is 2.